The number of carbonyl (C=O) groups is 1. The normalized spacial score (nSPS) is 9.58. The summed E-state index contributed by atoms with van der Waals surface area (Å²) in [5, 5.41) is 13.4. The van der Waals surface area contributed by atoms with Crippen molar-refractivity contribution in [3.05, 3.63) is 17.5 Å². The lowest BCUT2D eigenvalue weighted by atomic mass is 10.2. The van der Waals surface area contributed by atoms with E-state index in [1.54, 1.807) is 0 Å². The Balaban J connectivity index is 0.00000121. The van der Waals surface area contributed by atoms with Gasteiger partial charge in [0.2, 0.25) is 0 Å². The maximum absolute atomic E-state index is 11.9. The van der Waals surface area contributed by atoms with E-state index in [1.165, 1.54) is 0 Å². The quantitative estimate of drug-likeness (QED) is 0.756. The zero-order valence-electron chi connectivity index (χ0n) is 5.62. The molecule has 12 heavy (non-hydrogen) atoms. The minimum Gasteiger partial charge on any atom is -0.478 e. The number of aromatic nitrogens is 2. The van der Waals surface area contributed by atoms with Gasteiger partial charge < -0.3 is 5.11 Å². The molecule has 2 N–H and O–H groups in total. The summed E-state index contributed by atoms with van der Waals surface area (Å²) in [5.41, 5.74) is -1.14. The van der Waals surface area contributed by atoms with Crippen molar-refractivity contribution < 1.29 is 18.7 Å². The highest BCUT2D eigenvalue weighted by Gasteiger charge is 2.19. The van der Waals surface area contributed by atoms with Crippen molar-refractivity contribution in [2.45, 2.75) is 6.43 Å². The van der Waals surface area contributed by atoms with Crippen LogP contribution < -0.4 is 0 Å². The second-order valence-corrected chi connectivity index (χ2v) is 1.80. The summed E-state index contributed by atoms with van der Waals surface area (Å²) >= 11 is 0. The number of alkyl halides is 2. The van der Waals surface area contributed by atoms with Crippen LogP contribution in [-0.2, 0) is 0 Å². The fourth-order valence-corrected chi connectivity index (χ4v) is 0.633. The molecule has 0 aromatic carbocycles. The molecule has 0 amide bonds. The second-order valence-electron chi connectivity index (χ2n) is 1.80. The van der Waals surface area contributed by atoms with Gasteiger partial charge in [-0.2, -0.15) is 5.10 Å². The van der Waals surface area contributed by atoms with Gasteiger partial charge in [-0.1, -0.05) is 0 Å². The monoisotopic (exact) mass is 198 g/mol. The minimum atomic E-state index is -2.83. The average Bonchev–Trinajstić information content (AvgIpc) is 2.32. The number of rotatable bonds is 2. The maximum Gasteiger partial charge on any atom is 0.339 e. The van der Waals surface area contributed by atoms with Crippen LogP contribution in [0.5, 0.6) is 0 Å². The lowest BCUT2D eigenvalue weighted by molar-refractivity contribution is 0.0684. The Bertz CT molecular complexity index is 276. The SMILES string of the molecule is Cl.O=C(O)c1cn[nH]c1C(F)F. The molecular formula is C5H5ClF2N2O2. The zero-order chi connectivity index (χ0) is 8.43. The summed E-state index contributed by atoms with van der Waals surface area (Å²) < 4.78 is 23.8. The fraction of sp³-hybridized carbons (Fsp3) is 0.200. The summed E-state index contributed by atoms with van der Waals surface area (Å²) in [5.74, 6) is -1.41. The summed E-state index contributed by atoms with van der Waals surface area (Å²) in [6, 6.07) is 0. The molecule has 0 bridgehead atoms. The molecule has 0 unspecified atom stereocenters. The molecule has 0 radical (unpaired) electrons. The molecule has 7 heteroatoms. The standard InChI is InChI=1S/C5H4F2N2O2.ClH/c6-4(7)3-2(5(10)11)1-8-9-3;/h1,4H,(H,8,9)(H,10,11);1H. The third kappa shape index (κ3) is 1.91. The van der Waals surface area contributed by atoms with E-state index in [4.69, 9.17) is 5.11 Å². The van der Waals surface area contributed by atoms with Gasteiger partial charge in [0, 0.05) is 0 Å². The Kier molecular flexibility index (Phi) is 3.62. The lowest BCUT2D eigenvalue weighted by Crippen LogP contribution is -1.99. The first-order chi connectivity index (χ1) is 5.13. The predicted octanol–water partition coefficient (Wildman–Crippen LogP) is 1.47. The van der Waals surface area contributed by atoms with E-state index in [9.17, 15) is 13.6 Å². The van der Waals surface area contributed by atoms with Crippen molar-refractivity contribution >= 4 is 18.4 Å². The van der Waals surface area contributed by atoms with Crippen LogP contribution >= 0.6 is 12.4 Å². The first-order valence-electron chi connectivity index (χ1n) is 2.67. The molecule has 0 aliphatic carbocycles. The molecule has 0 saturated heterocycles. The first kappa shape index (κ1) is 10.8. The Morgan fingerprint density at radius 2 is 2.25 bits per heavy atom. The smallest absolute Gasteiger partial charge is 0.339 e. The average molecular weight is 199 g/mol. The number of halogens is 3. The van der Waals surface area contributed by atoms with Gasteiger partial charge in [0.05, 0.1) is 6.20 Å². The fourth-order valence-electron chi connectivity index (χ4n) is 0.633. The third-order valence-corrected chi connectivity index (χ3v) is 1.12. The Morgan fingerprint density at radius 3 is 2.58 bits per heavy atom. The molecule has 4 nitrogen and oxygen atoms in total. The lowest BCUT2D eigenvalue weighted by Gasteiger charge is -1.94. The summed E-state index contributed by atoms with van der Waals surface area (Å²) in [7, 11) is 0. The number of hydrogen-bond acceptors (Lipinski definition) is 2. The van der Waals surface area contributed by atoms with Crippen LogP contribution in [0.4, 0.5) is 8.78 Å². The number of nitrogens with one attached hydrogen (secondary N) is 1. The van der Waals surface area contributed by atoms with Crippen molar-refractivity contribution in [2.24, 2.45) is 0 Å². The van der Waals surface area contributed by atoms with Crippen LogP contribution in [0.25, 0.3) is 0 Å². The van der Waals surface area contributed by atoms with E-state index in [1.807, 2.05) is 5.10 Å². The van der Waals surface area contributed by atoms with Gasteiger partial charge in [0.15, 0.2) is 0 Å². The zero-order valence-corrected chi connectivity index (χ0v) is 6.44. The molecule has 0 fully saturated rings. The molecule has 0 atom stereocenters. The third-order valence-electron chi connectivity index (χ3n) is 1.12. The van der Waals surface area contributed by atoms with Crippen LogP contribution in [0.15, 0.2) is 6.20 Å². The number of H-pyrrole nitrogens is 1. The van der Waals surface area contributed by atoms with Crippen LogP contribution in [0, 0.1) is 0 Å². The van der Waals surface area contributed by atoms with Gasteiger partial charge in [-0.25, -0.2) is 13.6 Å². The number of carboxylic acids is 1. The van der Waals surface area contributed by atoms with Crippen molar-refractivity contribution in [1.29, 1.82) is 0 Å². The van der Waals surface area contributed by atoms with Gasteiger partial charge in [0.1, 0.15) is 11.3 Å². The summed E-state index contributed by atoms with van der Waals surface area (Å²) in [6.07, 6.45) is -1.98. The Hall–Kier alpha value is -1.17. The predicted molar refractivity (Wildman–Crippen MR) is 37.8 cm³/mol. The maximum atomic E-state index is 11.9. The number of hydrogen-bond donors (Lipinski definition) is 2. The van der Waals surface area contributed by atoms with Crippen molar-refractivity contribution in [2.75, 3.05) is 0 Å². The molecule has 1 aromatic heterocycles. The van der Waals surface area contributed by atoms with E-state index < -0.39 is 23.7 Å². The van der Waals surface area contributed by atoms with E-state index in [2.05, 4.69) is 5.10 Å². The molecule has 0 aliphatic rings. The topological polar surface area (TPSA) is 66.0 Å². The van der Waals surface area contributed by atoms with Crippen LogP contribution in [0.3, 0.4) is 0 Å². The minimum absolute atomic E-state index is 0. The van der Waals surface area contributed by atoms with E-state index in [0.717, 1.165) is 6.20 Å². The molecular weight excluding hydrogens is 194 g/mol. The molecule has 0 aliphatic heterocycles. The van der Waals surface area contributed by atoms with Crippen LogP contribution in [0.2, 0.25) is 0 Å². The van der Waals surface area contributed by atoms with Gasteiger partial charge in [-0.15, -0.1) is 12.4 Å². The molecule has 1 aromatic rings. The van der Waals surface area contributed by atoms with Gasteiger partial charge >= 0.3 is 5.97 Å². The first-order valence-corrected chi connectivity index (χ1v) is 2.67. The highest BCUT2D eigenvalue weighted by Crippen LogP contribution is 2.19. The van der Waals surface area contributed by atoms with Gasteiger partial charge in [-0.3, -0.25) is 5.10 Å². The van der Waals surface area contributed by atoms with E-state index >= 15 is 0 Å². The molecule has 1 heterocycles. The number of aromatic amines is 1. The van der Waals surface area contributed by atoms with E-state index in [-0.39, 0.29) is 12.4 Å². The molecule has 1 rings (SSSR count). The summed E-state index contributed by atoms with van der Waals surface area (Å²) in [6.45, 7) is 0. The Morgan fingerprint density at radius 1 is 1.67 bits per heavy atom. The van der Waals surface area contributed by atoms with Crippen LogP contribution in [-0.4, -0.2) is 21.3 Å². The van der Waals surface area contributed by atoms with Crippen molar-refractivity contribution in [3.8, 4) is 0 Å². The highest BCUT2D eigenvalue weighted by atomic mass is 35.5. The number of aromatic carboxylic acids is 1. The molecule has 0 spiro atoms. The second kappa shape index (κ2) is 4.01. The van der Waals surface area contributed by atoms with Crippen molar-refractivity contribution in [1.82, 2.24) is 10.2 Å². The van der Waals surface area contributed by atoms with E-state index in [0.29, 0.717) is 0 Å². The number of nitrogens with zero attached hydrogens (tertiary/aromatic N) is 1. The molecule has 68 valence electrons. The largest absolute Gasteiger partial charge is 0.478 e. The number of carboxylic acid groups (broad SMARTS) is 1. The highest BCUT2D eigenvalue weighted by molar-refractivity contribution is 5.88. The summed E-state index contributed by atoms with van der Waals surface area (Å²) in [4.78, 5) is 10.2. The molecule has 0 saturated carbocycles. The van der Waals surface area contributed by atoms with Gasteiger partial charge in [-0.05, 0) is 0 Å². The Labute approximate surface area is 72.0 Å². The van der Waals surface area contributed by atoms with Gasteiger partial charge in [0.25, 0.3) is 6.43 Å². The van der Waals surface area contributed by atoms with Crippen molar-refractivity contribution in [3.63, 3.8) is 0 Å². The van der Waals surface area contributed by atoms with Crippen LogP contribution in [0.1, 0.15) is 22.5 Å².